The summed E-state index contributed by atoms with van der Waals surface area (Å²) in [4.78, 5) is 19.1. The first-order chi connectivity index (χ1) is 9.56. The molecule has 0 spiro atoms. The third-order valence-corrected chi connectivity index (χ3v) is 3.11. The molecule has 3 N–H and O–H groups in total. The van der Waals surface area contributed by atoms with Crippen molar-refractivity contribution in [2.45, 2.75) is 24.9 Å². The first kappa shape index (κ1) is 14.1. The van der Waals surface area contributed by atoms with Gasteiger partial charge in [0.2, 0.25) is 0 Å². The van der Waals surface area contributed by atoms with Gasteiger partial charge in [0.1, 0.15) is 5.76 Å². The van der Waals surface area contributed by atoms with Gasteiger partial charge in [0.05, 0.1) is 6.26 Å². The van der Waals surface area contributed by atoms with Crippen LogP contribution in [-0.2, 0) is 9.59 Å². The van der Waals surface area contributed by atoms with E-state index >= 15 is 0 Å². The number of rotatable bonds is 3. The average molecular weight is 277 g/mol. The highest BCUT2D eigenvalue weighted by Gasteiger charge is 2.33. The molecule has 0 amide bonds. The van der Waals surface area contributed by atoms with Crippen LogP contribution in [0.1, 0.15) is 18.6 Å². The fourth-order valence-corrected chi connectivity index (χ4v) is 2.32. The van der Waals surface area contributed by atoms with Gasteiger partial charge >= 0.3 is 11.9 Å². The molecule has 1 aromatic heterocycles. The number of hydrogen-bond donors (Lipinski definition) is 3. The van der Waals surface area contributed by atoms with Gasteiger partial charge in [-0.3, -0.25) is 0 Å². The Morgan fingerprint density at radius 1 is 1.25 bits per heavy atom. The lowest BCUT2D eigenvalue weighted by Gasteiger charge is -2.08. The van der Waals surface area contributed by atoms with E-state index in [0.29, 0.717) is 24.2 Å². The van der Waals surface area contributed by atoms with E-state index in [1.165, 1.54) is 18.4 Å². The monoisotopic (exact) mass is 277 g/mol. The van der Waals surface area contributed by atoms with Crippen molar-refractivity contribution in [1.29, 1.82) is 0 Å². The zero-order valence-electron chi connectivity index (χ0n) is 10.7. The molecule has 106 valence electrons. The predicted octanol–water partition coefficient (Wildman–Crippen LogP) is 1.51. The van der Waals surface area contributed by atoms with Crippen molar-refractivity contribution in [3.8, 4) is 0 Å². The molecule has 0 aliphatic carbocycles. The van der Waals surface area contributed by atoms with E-state index in [1.807, 2.05) is 12.1 Å². The third kappa shape index (κ3) is 3.58. The van der Waals surface area contributed by atoms with Crippen molar-refractivity contribution in [2.24, 2.45) is 0 Å². The summed E-state index contributed by atoms with van der Waals surface area (Å²) < 4.78 is 5.36. The van der Waals surface area contributed by atoms with Crippen LogP contribution >= 0.6 is 0 Å². The van der Waals surface area contributed by atoms with E-state index in [-0.39, 0.29) is 0 Å². The van der Waals surface area contributed by atoms with Crippen molar-refractivity contribution < 1.29 is 24.2 Å². The minimum atomic E-state index is -1.26. The van der Waals surface area contributed by atoms with E-state index in [0.717, 1.165) is 5.76 Å². The molecule has 1 saturated heterocycles. The third-order valence-electron chi connectivity index (χ3n) is 3.11. The summed E-state index contributed by atoms with van der Waals surface area (Å²) in [5.41, 5.74) is 1.36. The van der Waals surface area contributed by atoms with Crippen molar-refractivity contribution in [3.05, 3.63) is 42.4 Å². The molecular weight excluding hydrogens is 262 g/mol. The smallest absolute Gasteiger partial charge is 0.328 e. The minimum absolute atomic E-state index is 0.557. The van der Waals surface area contributed by atoms with Crippen LogP contribution in [0.2, 0.25) is 0 Å². The van der Waals surface area contributed by atoms with Gasteiger partial charge in [0.15, 0.2) is 0 Å². The Bertz CT molecular complexity index is 528. The maximum Gasteiger partial charge on any atom is 0.328 e. The van der Waals surface area contributed by atoms with Crippen LogP contribution in [0, 0.1) is 0 Å². The Balaban J connectivity index is 0.000000163. The second-order valence-corrected chi connectivity index (χ2v) is 4.51. The number of furan rings is 1. The molecule has 2 aliphatic rings. The quantitative estimate of drug-likeness (QED) is 0.724. The van der Waals surface area contributed by atoms with Crippen molar-refractivity contribution in [2.75, 3.05) is 0 Å². The second kappa shape index (κ2) is 6.21. The van der Waals surface area contributed by atoms with Gasteiger partial charge in [-0.05, 0) is 25.0 Å². The van der Waals surface area contributed by atoms with E-state index in [1.54, 1.807) is 6.26 Å². The first-order valence-electron chi connectivity index (χ1n) is 6.22. The van der Waals surface area contributed by atoms with Gasteiger partial charge in [-0.1, -0.05) is 6.08 Å². The lowest BCUT2D eigenvalue weighted by atomic mass is 9.98. The van der Waals surface area contributed by atoms with Crippen LogP contribution in [-0.4, -0.2) is 34.2 Å². The van der Waals surface area contributed by atoms with E-state index in [4.69, 9.17) is 14.6 Å². The van der Waals surface area contributed by atoms with Gasteiger partial charge in [-0.25, -0.2) is 9.59 Å². The number of carboxylic acids is 2. The molecule has 0 saturated carbocycles. The van der Waals surface area contributed by atoms with Gasteiger partial charge < -0.3 is 19.9 Å². The molecule has 2 bridgehead atoms. The van der Waals surface area contributed by atoms with Crippen LogP contribution in [0.15, 0.2) is 41.0 Å². The Labute approximate surface area is 115 Å². The molecular formula is C14H15NO5. The Morgan fingerprint density at radius 2 is 1.95 bits per heavy atom. The summed E-state index contributed by atoms with van der Waals surface area (Å²) in [5, 5.41) is 19.1. The van der Waals surface area contributed by atoms with Gasteiger partial charge in [0.25, 0.3) is 0 Å². The number of fused-ring (bicyclic) bond motifs is 2. The SMILES string of the molecule is C1=C(c2ccco2)C2CCC1N2.O=C(O)/C=C/C(=O)O. The van der Waals surface area contributed by atoms with E-state index < -0.39 is 11.9 Å². The van der Waals surface area contributed by atoms with Crippen LogP contribution in [0.3, 0.4) is 0 Å². The summed E-state index contributed by atoms with van der Waals surface area (Å²) in [6.07, 6.45) is 7.70. The number of nitrogens with one attached hydrogen (secondary N) is 1. The highest BCUT2D eigenvalue weighted by atomic mass is 16.4. The van der Waals surface area contributed by atoms with Crippen LogP contribution in [0.25, 0.3) is 5.57 Å². The highest BCUT2D eigenvalue weighted by molar-refractivity contribution is 5.89. The number of aliphatic carboxylic acids is 2. The number of carbonyl (C=O) groups is 2. The van der Waals surface area contributed by atoms with Gasteiger partial charge in [-0.2, -0.15) is 0 Å². The zero-order chi connectivity index (χ0) is 14.5. The molecule has 0 aromatic carbocycles. The lowest BCUT2D eigenvalue weighted by Crippen LogP contribution is -2.20. The Morgan fingerprint density at radius 3 is 2.35 bits per heavy atom. The molecule has 6 heteroatoms. The van der Waals surface area contributed by atoms with E-state index in [2.05, 4.69) is 11.4 Å². The molecule has 3 heterocycles. The molecule has 2 unspecified atom stereocenters. The average Bonchev–Trinajstić information content (AvgIpc) is 3.13. The zero-order valence-corrected chi connectivity index (χ0v) is 10.7. The molecule has 20 heavy (non-hydrogen) atoms. The topological polar surface area (TPSA) is 99.8 Å². The number of hydrogen-bond acceptors (Lipinski definition) is 4. The van der Waals surface area contributed by atoms with Crippen LogP contribution in [0.5, 0.6) is 0 Å². The second-order valence-electron chi connectivity index (χ2n) is 4.51. The number of carboxylic acid groups (broad SMARTS) is 2. The Hall–Kier alpha value is -2.34. The molecule has 2 atom stereocenters. The van der Waals surface area contributed by atoms with E-state index in [9.17, 15) is 9.59 Å². The minimum Gasteiger partial charge on any atom is -0.478 e. The molecule has 1 aromatic rings. The summed E-state index contributed by atoms with van der Waals surface area (Å²) in [6.45, 7) is 0. The maximum absolute atomic E-state index is 9.55. The lowest BCUT2D eigenvalue weighted by molar-refractivity contribution is -0.134. The molecule has 1 fully saturated rings. The summed E-state index contributed by atoms with van der Waals surface area (Å²) in [6, 6.07) is 5.15. The Kier molecular flexibility index (Phi) is 4.37. The predicted molar refractivity (Wildman–Crippen MR) is 71.0 cm³/mol. The van der Waals surface area contributed by atoms with Crippen LogP contribution < -0.4 is 5.32 Å². The fourth-order valence-electron chi connectivity index (χ4n) is 2.32. The molecule has 0 radical (unpaired) electrons. The maximum atomic E-state index is 9.55. The fraction of sp³-hybridized carbons (Fsp3) is 0.286. The summed E-state index contributed by atoms with van der Waals surface area (Å²) in [7, 11) is 0. The van der Waals surface area contributed by atoms with Crippen molar-refractivity contribution in [3.63, 3.8) is 0 Å². The van der Waals surface area contributed by atoms with Gasteiger partial charge in [-0.15, -0.1) is 0 Å². The van der Waals surface area contributed by atoms with Gasteiger partial charge in [0, 0.05) is 29.8 Å². The summed E-state index contributed by atoms with van der Waals surface area (Å²) >= 11 is 0. The first-order valence-corrected chi connectivity index (χ1v) is 6.22. The molecule has 2 aliphatic heterocycles. The largest absolute Gasteiger partial charge is 0.478 e. The van der Waals surface area contributed by atoms with Crippen LogP contribution in [0.4, 0.5) is 0 Å². The molecule has 3 rings (SSSR count). The van der Waals surface area contributed by atoms with Crippen molar-refractivity contribution >= 4 is 17.5 Å². The van der Waals surface area contributed by atoms with Crippen molar-refractivity contribution in [1.82, 2.24) is 5.32 Å². The normalized spacial score (nSPS) is 23.3. The highest BCUT2D eigenvalue weighted by Crippen LogP contribution is 2.34. The molecule has 6 nitrogen and oxygen atoms in total. The standard InChI is InChI=1S/C10H11NO.C4H4O4/c1-2-10(12-5-1)8-6-7-3-4-9(8)11-7;5-3(6)1-2-4(7)8/h1-2,5-7,9,11H,3-4H2;1-2H,(H,5,6)(H,7,8)/b;2-1+. The summed E-state index contributed by atoms with van der Waals surface area (Å²) in [5.74, 6) is -1.48.